The van der Waals surface area contributed by atoms with E-state index in [1.165, 1.54) is 12.1 Å². The maximum absolute atomic E-state index is 13.0. The maximum atomic E-state index is 13.0. The summed E-state index contributed by atoms with van der Waals surface area (Å²) in [6.45, 7) is 2.06. The number of benzene rings is 2. The van der Waals surface area contributed by atoms with Crippen LogP contribution in [0.2, 0.25) is 5.02 Å². The van der Waals surface area contributed by atoms with Gasteiger partial charge in [0, 0.05) is 29.5 Å². The minimum Gasteiger partial charge on any atom is -0.345 e. The van der Waals surface area contributed by atoms with E-state index in [2.05, 4.69) is 6.92 Å². The Morgan fingerprint density at radius 2 is 1.76 bits per heavy atom. The second kappa shape index (κ2) is 6.92. The summed E-state index contributed by atoms with van der Waals surface area (Å²) in [7, 11) is 1.93. The van der Waals surface area contributed by atoms with Crippen molar-refractivity contribution >= 4 is 23.0 Å². The molecule has 21 heavy (non-hydrogen) atoms. The first-order chi connectivity index (χ1) is 10.0. The second-order valence-electron chi connectivity index (χ2n) is 5.18. The summed E-state index contributed by atoms with van der Waals surface area (Å²) in [4.78, 5) is 1.97. The lowest BCUT2D eigenvalue weighted by Crippen LogP contribution is -2.21. The van der Waals surface area contributed by atoms with Gasteiger partial charge in [-0.15, -0.1) is 0 Å². The molecule has 0 fully saturated rings. The number of nitrogens with two attached hydrogens (primary N) is 1. The Balaban J connectivity index is 2.21. The Kier molecular flexibility index (Phi) is 5.21. The molecule has 2 aromatic rings. The molecule has 0 radical (unpaired) electrons. The number of halogens is 2. The van der Waals surface area contributed by atoms with Crippen molar-refractivity contribution in [3.8, 4) is 0 Å². The van der Waals surface area contributed by atoms with E-state index in [4.69, 9.17) is 17.3 Å². The molecule has 1 atom stereocenters. The number of hydrogen-bond donors (Lipinski definition) is 1. The van der Waals surface area contributed by atoms with Crippen LogP contribution in [0.25, 0.3) is 0 Å². The Morgan fingerprint density at radius 3 is 2.33 bits per heavy atom. The zero-order chi connectivity index (χ0) is 15.4. The first-order valence-electron chi connectivity index (χ1n) is 7.04. The molecule has 0 aromatic heterocycles. The molecule has 0 aliphatic carbocycles. The Hall–Kier alpha value is -1.58. The third-order valence-electron chi connectivity index (χ3n) is 3.64. The first-order valence-corrected chi connectivity index (χ1v) is 7.42. The third-order valence-corrected chi connectivity index (χ3v) is 4.00. The summed E-state index contributed by atoms with van der Waals surface area (Å²) < 4.78 is 13.0. The summed E-state index contributed by atoms with van der Waals surface area (Å²) in [6, 6.07) is 12.4. The van der Waals surface area contributed by atoms with Gasteiger partial charge >= 0.3 is 0 Å². The highest BCUT2D eigenvalue weighted by Gasteiger charge is 2.09. The molecule has 0 aliphatic rings. The van der Waals surface area contributed by atoms with Gasteiger partial charge in [0.15, 0.2) is 0 Å². The molecular weight excluding hydrogens is 287 g/mol. The summed E-state index contributed by atoms with van der Waals surface area (Å²) >= 11 is 6.34. The molecule has 0 aliphatic heterocycles. The summed E-state index contributed by atoms with van der Waals surface area (Å²) in [5.74, 6) is -0.242. The Labute approximate surface area is 130 Å². The van der Waals surface area contributed by atoms with Crippen molar-refractivity contribution in [2.24, 2.45) is 5.73 Å². The highest BCUT2D eigenvalue weighted by molar-refractivity contribution is 6.31. The first kappa shape index (κ1) is 15.8. The van der Waals surface area contributed by atoms with Crippen LogP contribution in [0.3, 0.4) is 0 Å². The highest BCUT2D eigenvalue weighted by Crippen LogP contribution is 2.28. The Bertz CT molecular complexity index is 598. The second-order valence-corrected chi connectivity index (χ2v) is 5.59. The summed E-state index contributed by atoms with van der Waals surface area (Å²) in [5.41, 5.74) is 8.90. The molecule has 2 nitrogen and oxygen atoms in total. The molecule has 2 rings (SSSR count). The highest BCUT2D eigenvalue weighted by atomic mass is 35.5. The van der Waals surface area contributed by atoms with Crippen molar-refractivity contribution in [2.45, 2.75) is 25.8 Å². The lowest BCUT2D eigenvalue weighted by molar-refractivity contribution is 0.628. The normalized spacial score (nSPS) is 12.2. The number of rotatable bonds is 5. The van der Waals surface area contributed by atoms with Gasteiger partial charge in [0.05, 0.1) is 0 Å². The fourth-order valence-electron chi connectivity index (χ4n) is 2.15. The van der Waals surface area contributed by atoms with Crippen molar-refractivity contribution in [3.63, 3.8) is 0 Å². The van der Waals surface area contributed by atoms with E-state index >= 15 is 0 Å². The van der Waals surface area contributed by atoms with E-state index in [1.807, 2.05) is 30.1 Å². The standard InChI is InChI=1S/C17H20ClFN2/c1-3-14(20)10-12-4-7-16(11-17(12)18)21(2)15-8-5-13(19)6-9-15/h4-9,11,14H,3,10,20H2,1-2H3. The summed E-state index contributed by atoms with van der Waals surface area (Å²) in [5, 5.41) is 0.713. The molecule has 2 aromatic carbocycles. The SMILES string of the molecule is CCC(N)Cc1ccc(N(C)c2ccc(F)cc2)cc1Cl. The van der Waals surface area contributed by atoms with E-state index in [9.17, 15) is 4.39 Å². The average molecular weight is 307 g/mol. The van der Waals surface area contributed by atoms with Crippen LogP contribution in [0.1, 0.15) is 18.9 Å². The fourth-order valence-corrected chi connectivity index (χ4v) is 2.40. The molecule has 0 bridgehead atoms. The van der Waals surface area contributed by atoms with Crippen LogP contribution >= 0.6 is 11.6 Å². The van der Waals surface area contributed by atoms with Crippen LogP contribution in [0.5, 0.6) is 0 Å². The number of nitrogens with zero attached hydrogens (tertiary/aromatic N) is 1. The zero-order valence-corrected chi connectivity index (χ0v) is 13.1. The van der Waals surface area contributed by atoms with Crippen molar-refractivity contribution < 1.29 is 4.39 Å². The van der Waals surface area contributed by atoms with Crippen molar-refractivity contribution in [3.05, 3.63) is 58.9 Å². The van der Waals surface area contributed by atoms with Gasteiger partial charge in [-0.05, 0) is 54.8 Å². The van der Waals surface area contributed by atoms with Crippen LogP contribution < -0.4 is 10.6 Å². The molecule has 0 heterocycles. The predicted molar refractivity (Wildman–Crippen MR) is 87.9 cm³/mol. The van der Waals surface area contributed by atoms with Crippen LogP contribution in [0.4, 0.5) is 15.8 Å². The van der Waals surface area contributed by atoms with E-state index in [0.29, 0.717) is 5.02 Å². The van der Waals surface area contributed by atoms with Crippen molar-refractivity contribution in [1.82, 2.24) is 0 Å². The van der Waals surface area contributed by atoms with Gasteiger partial charge in [0.25, 0.3) is 0 Å². The number of hydrogen-bond acceptors (Lipinski definition) is 2. The molecule has 1 unspecified atom stereocenters. The average Bonchev–Trinajstić information content (AvgIpc) is 2.49. The molecule has 0 saturated carbocycles. The number of anilines is 2. The monoisotopic (exact) mass is 306 g/mol. The smallest absolute Gasteiger partial charge is 0.123 e. The van der Waals surface area contributed by atoms with Gasteiger partial charge in [0.1, 0.15) is 5.82 Å². The van der Waals surface area contributed by atoms with E-state index in [-0.39, 0.29) is 11.9 Å². The van der Waals surface area contributed by atoms with Gasteiger partial charge in [-0.2, -0.15) is 0 Å². The van der Waals surface area contributed by atoms with E-state index in [0.717, 1.165) is 29.8 Å². The minimum absolute atomic E-state index is 0.128. The summed E-state index contributed by atoms with van der Waals surface area (Å²) in [6.07, 6.45) is 1.70. The van der Waals surface area contributed by atoms with Crippen molar-refractivity contribution in [2.75, 3.05) is 11.9 Å². The van der Waals surface area contributed by atoms with Gasteiger partial charge in [-0.1, -0.05) is 24.6 Å². The maximum Gasteiger partial charge on any atom is 0.123 e. The predicted octanol–water partition coefficient (Wildman–Crippen LogP) is 4.53. The third kappa shape index (κ3) is 3.96. The molecule has 112 valence electrons. The van der Waals surface area contributed by atoms with Crippen LogP contribution in [-0.4, -0.2) is 13.1 Å². The van der Waals surface area contributed by atoms with Gasteiger partial charge < -0.3 is 10.6 Å². The lowest BCUT2D eigenvalue weighted by Gasteiger charge is -2.21. The van der Waals surface area contributed by atoms with Crippen LogP contribution in [0, 0.1) is 5.82 Å². The van der Waals surface area contributed by atoms with E-state index < -0.39 is 0 Å². The van der Waals surface area contributed by atoms with Crippen LogP contribution in [-0.2, 0) is 6.42 Å². The topological polar surface area (TPSA) is 29.3 Å². The van der Waals surface area contributed by atoms with Crippen LogP contribution in [0.15, 0.2) is 42.5 Å². The van der Waals surface area contributed by atoms with E-state index in [1.54, 1.807) is 12.1 Å². The van der Waals surface area contributed by atoms with Gasteiger partial charge in [0.2, 0.25) is 0 Å². The quantitative estimate of drug-likeness (QED) is 0.879. The molecular formula is C17H20ClFN2. The van der Waals surface area contributed by atoms with Gasteiger partial charge in [-0.25, -0.2) is 4.39 Å². The fraction of sp³-hybridized carbons (Fsp3) is 0.294. The molecule has 4 heteroatoms. The van der Waals surface area contributed by atoms with Gasteiger partial charge in [-0.3, -0.25) is 0 Å². The largest absolute Gasteiger partial charge is 0.345 e. The molecule has 0 spiro atoms. The Morgan fingerprint density at radius 1 is 1.14 bits per heavy atom. The zero-order valence-electron chi connectivity index (χ0n) is 12.3. The molecule has 0 amide bonds. The minimum atomic E-state index is -0.242. The molecule has 0 saturated heterocycles. The molecule has 2 N–H and O–H groups in total. The van der Waals surface area contributed by atoms with Crippen molar-refractivity contribution in [1.29, 1.82) is 0 Å². The lowest BCUT2D eigenvalue weighted by atomic mass is 10.0.